The molecule has 3 rings (SSSR count). The van der Waals surface area contributed by atoms with E-state index in [1.807, 2.05) is 12.1 Å². The van der Waals surface area contributed by atoms with Crippen molar-refractivity contribution in [1.29, 1.82) is 0 Å². The van der Waals surface area contributed by atoms with Crippen LogP contribution in [-0.4, -0.2) is 20.6 Å². The Hall–Kier alpha value is -1.29. The van der Waals surface area contributed by atoms with Crippen LogP contribution in [0.3, 0.4) is 0 Å². The van der Waals surface area contributed by atoms with E-state index >= 15 is 0 Å². The fraction of sp³-hybridized carbons (Fsp3) is 0.571. The quantitative estimate of drug-likeness (QED) is 0.929. The smallest absolute Gasteiger partial charge is 0.243 e. The average molecular weight is 279 g/mol. The molecule has 0 radical (unpaired) electrons. The Morgan fingerprint density at radius 3 is 2.89 bits per heavy atom. The third-order valence-corrected chi connectivity index (χ3v) is 4.23. The van der Waals surface area contributed by atoms with Crippen molar-refractivity contribution in [3.63, 3.8) is 0 Å². The van der Waals surface area contributed by atoms with E-state index < -0.39 is 0 Å². The summed E-state index contributed by atoms with van der Waals surface area (Å²) in [6.07, 6.45) is 8.49. The van der Waals surface area contributed by atoms with Crippen LogP contribution in [0.15, 0.2) is 18.3 Å². The van der Waals surface area contributed by atoms with Gasteiger partial charge < -0.3 is 5.32 Å². The molecule has 1 fully saturated rings. The molecule has 2 aromatic rings. The fourth-order valence-corrected chi connectivity index (χ4v) is 3.03. The molecule has 0 amide bonds. The predicted molar refractivity (Wildman–Crippen MR) is 77.7 cm³/mol. The van der Waals surface area contributed by atoms with Gasteiger partial charge in [-0.25, -0.2) is 4.52 Å². The average Bonchev–Trinajstić information content (AvgIpc) is 2.81. The molecule has 1 N–H and O–H groups in total. The highest BCUT2D eigenvalue weighted by Gasteiger charge is 2.20. The first-order valence-electron chi connectivity index (χ1n) is 7.01. The van der Waals surface area contributed by atoms with E-state index in [-0.39, 0.29) is 0 Å². The summed E-state index contributed by atoms with van der Waals surface area (Å²) in [6, 6.07) is 4.14. The second-order valence-corrected chi connectivity index (χ2v) is 5.85. The molecule has 1 atom stereocenters. The zero-order valence-electron chi connectivity index (χ0n) is 11.1. The Bertz CT molecular complexity index is 560. The van der Waals surface area contributed by atoms with Crippen LogP contribution in [0, 0.1) is 5.92 Å². The lowest BCUT2D eigenvalue weighted by molar-refractivity contribution is 0.327. The number of nitrogens with one attached hydrogen (secondary N) is 1. The van der Waals surface area contributed by atoms with Crippen LogP contribution in [0.1, 0.15) is 39.0 Å². The summed E-state index contributed by atoms with van der Waals surface area (Å²) >= 11 is 5.95. The highest BCUT2D eigenvalue weighted by molar-refractivity contribution is 6.30. The second kappa shape index (κ2) is 5.37. The number of nitrogens with zero attached hydrogens (tertiary/aromatic N) is 3. The van der Waals surface area contributed by atoms with Crippen LogP contribution in [0.2, 0.25) is 5.02 Å². The van der Waals surface area contributed by atoms with Gasteiger partial charge in [0.1, 0.15) is 0 Å². The first-order valence-corrected chi connectivity index (χ1v) is 7.38. The molecule has 0 spiro atoms. The van der Waals surface area contributed by atoms with E-state index in [1.165, 1.54) is 32.1 Å². The Kier molecular flexibility index (Phi) is 3.60. The molecule has 1 aliphatic carbocycles. The van der Waals surface area contributed by atoms with Gasteiger partial charge in [-0.3, -0.25) is 0 Å². The minimum absolute atomic E-state index is 0.424. The lowest BCUT2D eigenvalue weighted by Crippen LogP contribution is -2.28. The Balaban J connectivity index is 1.73. The van der Waals surface area contributed by atoms with E-state index in [9.17, 15) is 0 Å². The molecule has 1 unspecified atom stereocenters. The van der Waals surface area contributed by atoms with Gasteiger partial charge in [0.05, 0.1) is 5.02 Å². The third-order valence-electron chi connectivity index (χ3n) is 4.01. The molecular formula is C14H19ClN4. The van der Waals surface area contributed by atoms with E-state index in [0.717, 1.165) is 11.6 Å². The summed E-state index contributed by atoms with van der Waals surface area (Å²) in [6.45, 7) is 2.23. The molecule has 2 aromatic heterocycles. The zero-order chi connectivity index (χ0) is 13.2. The van der Waals surface area contributed by atoms with Gasteiger partial charge in [0.15, 0.2) is 5.65 Å². The second-order valence-electron chi connectivity index (χ2n) is 5.42. The summed E-state index contributed by atoms with van der Waals surface area (Å²) in [5.41, 5.74) is 0.822. The van der Waals surface area contributed by atoms with E-state index in [4.69, 9.17) is 11.6 Å². The lowest BCUT2D eigenvalue weighted by atomic mass is 9.85. The standard InChI is InChI=1S/C14H19ClN4/c1-10(11-5-3-2-4-6-11)16-14-17-13-8-7-12(15)9-19(13)18-14/h7-11H,2-6H2,1H3,(H,16,18). The van der Waals surface area contributed by atoms with Crippen molar-refractivity contribution in [2.24, 2.45) is 5.92 Å². The van der Waals surface area contributed by atoms with E-state index in [2.05, 4.69) is 22.3 Å². The van der Waals surface area contributed by atoms with Crippen LogP contribution in [0.5, 0.6) is 0 Å². The maximum atomic E-state index is 5.95. The number of hydrogen-bond acceptors (Lipinski definition) is 3. The van der Waals surface area contributed by atoms with Gasteiger partial charge in [0.2, 0.25) is 5.95 Å². The predicted octanol–water partition coefficient (Wildman–Crippen LogP) is 3.76. The monoisotopic (exact) mass is 278 g/mol. The number of halogens is 1. The molecule has 1 saturated carbocycles. The summed E-state index contributed by atoms with van der Waals surface area (Å²) in [5.74, 6) is 1.43. The molecule has 4 nitrogen and oxygen atoms in total. The van der Waals surface area contributed by atoms with Crippen LogP contribution < -0.4 is 5.32 Å². The molecular weight excluding hydrogens is 260 g/mol. The number of anilines is 1. The maximum Gasteiger partial charge on any atom is 0.243 e. The molecule has 0 saturated heterocycles. The molecule has 102 valence electrons. The summed E-state index contributed by atoms with van der Waals surface area (Å²) in [5, 5.41) is 8.52. The van der Waals surface area contributed by atoms with Crippen molar-refractivity contribution in [3.05, 3.63) is 23.4 Å². The van der Waals surface area contributed by atoms with Gasteiger partial charge in [-0.05, 0) is 37.8 Å². The lowest BCUT2D eigenvalue weighted by Gasteiger charge is -2.27. The highest BCUT2D eigenvalue weighted by Crippen LogP contribution is 2.27. The molecule has 2 heterocycles. The zero-order valence-corrected chi connectivity index (χ0v) is 11.9. The number of aromatic nitrogens is 3. The molecule has 0 bridgehead atoms. The molecule has 0 aliphatic heterocycles. The van der Waals surface area contributed by atoms with Crippen LogP contribution in [-0.2, 0) is 0 Å². The Morgan fingerprint density at radius 1 is 1.32 bits per heavy atom. The third kappa shape index (κ3) is 2.84. The Morgan fingerprint density at radius 2 is 2.11 bits per heavy atom. The first-order chi connectivity index (χ1) is 9.22. The molecule has 1 aliphatic rings. The van der Waals surface area contributed by atoms with Crippen LogP contribution >= 0.6 is 11.6 Å². The summed E-state index contributed by atoms with van der Waals surface area (Å²) in [7, 11) is 0. The molecule has 0 aromatic carbocycles. The van der Waals surface area contributed by atoms with Gasteiger partial charge >= 0.3 is 0 Å². The van der Waals surface area contributed by atoms with Gasteiger partial charge in [-0.2, -0.15) is 4.98 Å². The van der Waals surface area contributed by atoms with Crippen LogP contribution in [0.25, 0.3) is 5.65 Å². The maximum absolute atomic E-state index is 5.95. The number of fused-ring (bicyclic) bond motifs is 1. The van der Waals surface area contributed by atoms with E-state index in [0.29, 0.717) is 17.0 Å². The number of hydrogen-bond donors (Lipinski definition) is 1. The summed E-state index contributed by atoms with van der Waals surface area (Å²) in [4.78, 5) is 4.47. The van der Waals surface area contributed by atoms with E-state index in [1.54, 1.807) is 10.7 Å². The van der Waals surface area contributed by atoms with Crippen molar-refractivity contribution in [2.45, 2.75) is 45.1 Å². The number of pyridine rings is 1. The largest absolute Gasteiger partial charge is 0.350 e. The van der Waals surface area contributed by atoms with Gasteiger partial charge in [0.25, 0.3) is 0 Å². The molecule has 19 heavy (non-hydrogen) atoms. The van der Waals surface area contributed by atoms with Crippen molar-refractivity contribution in [2.75, 3.05) is 5.32 Å². The van der Waals surface area contributed by atoms with Crippen molar-refractivity contribution in [1.82, 2.24) is 14.6 Å². The highest BCUT2D eigenvalue weighted by atomic mass is 35.5. The van der Waals surface area contributed by atoms with Gasteiger partial charge in [-0.15, -0.1) is 5.10 Å². The number of rotatable bonds is 3. The van der Waals surface area contributed by atoms with Crippen LogP contribution in [0.4, 0.5) is 5.95 Å². The van der Waals surface area contributed by atoms with Crippen molar-refractivity contribution >= 4 is 23.2 Å². The van der Waals surface area contributed by atoms with Crippen molar-refractivity contribution < 1.29 is 0 Å². The van der Waals surface area contributed by atoms with Gasteiger partial charge in [-0.1, -0.05) is 30.9 Å². The fourth-order valence-electron chi connectivity index (χ4n) is 2.87. The summed E-state index contributed by atoms with van der Waals surface area (Å²) < 4.78 is 1.72. The SMILES string of the molecule is CC(Nc1nc2ccc(Cl)cn2n1)C1CCCCC1. The minimum atomic E-state index is 0.424. The first kappa shape index (κ1) is 12.7. The molecule has 5 heteroatoms. The normalized spacial score (nSPS) is 18.6. The Labute approximate surface area is 118 Å². The minimum Gasteiger partial charge on any atom is -0.350 e. The van der Waals surface area contributed by atoms with Crippen molar-refractivity contribution in [3.8, 4) is 0 Å². The topological polar surface area (TPSA) is 42.2 Å². The van der Waals surface area contributed by atoms with Gasteiger partial charge in [0, 0.05) is 12.2 Å².